The number of anilines is 2. The fourth-order valence-corrected chi connectivity index (χ4v) is 6.24. The number of hydrogen-bond donors (Lipinski definition) is 1. The van der Waals surface area contributed by atoms with Gasteiger partial charge in [0.2, 0.25) is 10.0 Å². The molecule has 9 nitrogen and oxygen atoms in total. The van der Waals surface area contributed by atoms with E-state index in [9.17, 15) is 18.0 Å². The molecule has 2 aromatic carbocycles. The molecule has 184 valence electrons. The highest BCUT2D eigenvalue weighted by Crippen LogP contribution is 2.26. The van der Waals surface area contributed by atoms with Crippen molar-refractivity contribution in [2.24, 2.45) is 0 Å². The van der Waals surface area contributed by atoms with Gasteiger partial charge in [-0.1, -0.05) is 41.1 Å². The molecule has 0 spiro atoms. The molecule has 1 amide bonds. The number of ether oxygens (including phenoxy) is 1. The van der Waals surface area contributed by atoms with Crippen molar-refractivity contribution in [1.29, 1.82) is 0 Å². The second kappa shape index (κ2) is 11.0. The SMILES string of the molecule is O=C(COC(=O)c1cc(S(=O)(=O)N2CCN(c3ccccc3)CC2)ccc1Cl)Nc1ncc(Br)s1. The molecule has 0 unspecified atom stereocenters. The van der Waals surface area contributed by atoms with Gasteiger partial charge in [-0.3, -0.25) is 10.1 Å². The third-order valence-electron chi connectivity index (χ3n) is 5.21. The minimum absolute atomic E-state index is 0.0205. The molecule has 4 rings (SSSR count). The first kappa shape index (κ1) is 25.6. The molecule has 1 aromatic heterocycles. The van der Waals surface area contributed by atoms with Gasteiger partial charge < -0.3 is 9.64 Å². The molecule has 3 aromatic rings. The molecule has 1 saturated heterocycles. The summed E-state index contributed by atoms with van der Waals surface area (Å²) < 4.78 is 33.6. The van der Waals surface area contributed by atoms with Gasteiger partial charge in [0.15, 0.2) is 11.7 Å². The topological polar surface area (TPSA) is 109 Å². The zero-order valence-electron chi connectivity index (χ0n) is 18.2. The van der Waals surface area contributed by atoms with E-state index < -0.39 is 28.5 Å². The van der Waals surface area contributed by atoms with Gasteiger partial charge in [0.05, 0.1) is 25.5 Å². The summed E-state index contributed by atoms with van der Waals surface area (Å²) in [5.41, 5.74) is 0.896. The number of carbonyl (C=O) groups excluding carboxylic acids is 2. The van der Waals surface area contributed by atoms with Crippen molar-refractivity contribution in [3.8, 4) is 0 Å². The lowest BCUT2D eigenvalue weighted by atomic mass is 10.2. The Hall–Kier alpha value is -2.51. The molecule has 1 N–H and O–H groups in total. The van der Waals surface area contributed by atoms with E-state index >= 15 is 0 Å². The van der Waals surface area contributed by atoms with Gasteiger partial charge in [0.25, 0.3) is 5.91 Å². The van der Waals surface area contributed by atoms with Crippen LogP contribution in [-0.2, 0) is 19.6 Å². The van der Waals surface area contributed by atoms with Gasteiger partial charge in [-0.15, -0.1) is 0 Å². The van der Waals surface area contributed by atoms with Crippen molar-refractivity contribution in [2.75, 3.05) is 43.0 Å². The number of aromatic nitrogens is 1. The van der Waals surface area contributed by atoms with Gasteiger partial charge in [0.1, 0.15) is 0 Å². The van der Waals surface area contributed by atoms with E-state index in [0.29, 0.717) is 31.3 Å². The van der Waals surface area contributed by atoms with Crippen LogP contribution in [0.5, 0.6) is 0 Å². The second-order valence-electron chi connectivity index (χ2n) is 7.46. The first-order valence-corrected chi connectivity index (χ1v) is 13.8. The number of benzene rings is 2. The van der Waals surface area contributed by atoms with Gasteiger partial charge in [-0.05, 0) is 46.3 Å². The van der Waals surface area contributed by atoms with E-state index in [1.807, 2.05) is 30.3 Å². The van der Waals surface area contributed by atoms with Crippen molar-refractivity contribution < 1.29 is 22.7 Å². The summed E-state index contributed by atoms with van der Waals surface area (Å²) in [4.78, 5) is 30.6. The number of nitrogens with one attached hydrogen (secondary N) is 1. The Balaban J connectivity index is 1.40. The van der Waals surface area contributed by atoms with Crippen LogP contribution in [0.1, 0.15) is 10.4 Å². The van der Waals surface area contributed by atoms with E-state index in [1.54, 1.807) is 0 Å². The summed E-state index contributed by atoms with van der Waals surface area (Å²) in [5.74, 6) is -1.49. The number of nitrogens with zero attached hydrogens (tertiary/aromatic N) is 3. The van der Waals surface area contributed by atoms with E-state index in [1.165, 1.54) is 40.0 Å². The smallest absolute Gasteiger partial charge is 0.340 e. The minimum atomic E-state index is -3.86. The molecule has 0 saturated carbocycles. The van der Waals surface area contributed by atoms with E-state index in [4.69, 9.17) is 16.3 Å². The largest absolute Gasteiger partial charge is 0.452 e. The van der Waals surface area contributed by atoms with E-state index in [2.05, 4.69) is 31.1 Å². The monoisotopic (exact) mass is 598 g/mol. The third kappa shape index (κ3) is 6.19. The molecular formula is C22H20BrClN4O5S2. The maximum Gasteiger partial charge on any atom is 0.340 e. The van der Waals surface area contributed by atoms with E-state index in [-0.39, 0.29) is 15.5 Å². The van der Waals surface area contributed by atoms with Gasteiger partial charge >= 0.3 is 5.97 Å². The van der Waals surface area contributed by atoms with Crippen molar-refractivity contribution in [2.45, 2.75) is 4.90 Å². The van der Waals surface area contributed by atoms with Crippen LogP contribution in [0.15, 0.2) is 63.4 Å². The number of carbonyl (C=O) groups is 2. The molecule has 35 heavy (non-hydrogen) atoms. The summed E-state index contributed by atoms with van der Waals surface area (Å²) in [6.07, 6.45) is 1.53. The number of rotatable bonds is 7. The molecule has 13 heteroatoms. The summed E-state index contributed by atoms with van der Waals surface area (Å²) in [7, 11) is -3.86. The van der Waals surface area contributed by atoms with Gasteiger partial charge in [-0.2, -0.15) is 4.31 Å². The van der Waals surface area contributed by atoms with Crippen LogP contribution >= 0.6 is 38.9 Å². The van der Waals surface area contributed by atoms with Gasteiger partial charge in [-0.25, -0.2) is 18.2 Å². The van der Waals surface area contributed by atoms with Crippen molar-refractivity contribution >= 4 is 71.6 Å². The molecule has 1 aliphatic rings. The van der Waals surface area contributed by atoms with Crippen molar-refractivity contribution in [1.82, 2.24) is 9.29 Å². The Morgan fingerprint density at radius 1 is 1.11 bits per heavy atom. The number of halogens is 2. The molecule has 2 heterocycles. The zero-order chi connectivity index (χ0) is 25.0. The fourth-order valence-electron chi connectivity index (χ4n) is 3.47. The van der Waals surface area contributed by atoms with Crippen LogP contribution in [0.3, 0.4) is 0 Å². The highest BCUT2D eigenvalue weighted by Gasteiger charge is 2.30. The lowest BCUT2D eigenvalue weighted by Crippen LogP contribution is -2.48. The molecule has 0 aliphatic carbocycles. The van der Waals surface area contributed by atoms with Crippen LogP contribution in [0.2, 0.25) is 5.02 Å². The van der Waals surface area contributed by atoms with Crippen LogP contribution in [-0.4, -0.2) is 62.4 Å². The fraction of sp³-hybridized carbons (Fsp3) is 0.227. The first-order chi connectivity index (χ1) is 16.7. The lowest BCUT2D eigenvalue weighted by Gasteiger charge is -2.35. The molecule has 1 aliphatic heterocycles. The van der Waals surface area contributed by atoms with E-state index in [0.717, 1.165) is 9.47 Å². The van der Waals surface area contributed by atoms with Crippen LogP contribution in [0.4, 0.5) is 10.8 Å². The minimum Gasteiger partial charge on any atom is -0.452 e. The van der Waals surface area contributed by atoms with Crippen molar-refractivity contribution in [3.63, 3.8) is 0 Å². The van der Waals surface area contributed by atoms with Gasteiger partial charge in [0, 0.05) is 31.9 Å². The zero-order valence-corrected chi connectivity index (χ0v) is 22.2. The second-order valence-corrected chi connectivity index (χ2v) is 12.2. The number of amides is 1. The first-order valence-electron chi connectivity index (χ1n) is 10.4. The summed E-state index contributed by atoms with van der Waals surface area (Å²) in [6.45, 7) is 1.09. The number of sulfonamides is 1. The average Bonchev–Trinajstić information content (AvgIpc) is 3.27. The Kier molecular flexibility index (Phi) is 8.07. The summed E-state index contributed by atoms with van der Waals surface area (Å²) in [5, 5.41) is 2.86. The van der Waals surface area contributed by atoms with Crippen LogP contribution in [0.25, 0.3) is 0 Å². The molecular weight excluding hydrogens is 580 g/mol. The highest BCUT2D eigenvalue weighted by atomic mass is 79.9. The normalized spacial score (nSPS) is 14.5. The standard InChI is InChI=1S/C22H20BrClN4O5S2/c23-19-13-25-22(34-19)26-20(29)14-33-21(30)17-12-16(6-7-18(17)24)35(31,32)28-10-8-27(9-11-28)15-4-2-1-3-5-15/h1-7,12-13H,8-11,14H2,(H,25,26,29). The molecule has 0 bridgehead atoms. The predicted molar refractivity (Wildman–Crippen MR) is 138 cm³/mol. The number of para-hydroxylation sites is 1. The highest BCUT2D eigenvalue weighted by molar-refractivity contribution is 9.11. The maximum atomic E-state index is 13.2. The Morgan fingerprint density at radius 2 is 1.83 bits per heavy atom. The third-order valence-corrected chi connectivity index (χ3v) is 8.83. The van der Waals surface area contributed by atoms with Crippen molar-refractivity contribution in [3.05, 3.63) is 69.1 Å². The molecule has 0 atom stereocenters. The Bertz CT molecular complexity index is 1330. The summed E-state index contributed by atoms with van der Waals surface area (Å²) >= 11 is 10.6. The number of esters is 1. The quantitative estimate of drug-likeness (QED) is 0.411. The average molecular weight is 600 g/mol. The molecule has 0 radical (unpaired) electrons. The Labute approximate surface area is 219 Å². The predicted octanol–water partition coefficient (Wildman–Crippen LogP) is 3.87. The van der Waals surface area contributed by atoms with Crippen LogP contribution in [0, 0.1) is 0 Å². The summed E-state index contributed by atoms with van der Waals surface area (Å²) in [6, 6.07) is 13.6. The van der Waals surface area contributed by atoms with Crippen LogP contribution < -0.4 is 10.2 Å². The Morgan fingerprint density at radius 3 is 2.49 bits per heavy atom. The lowest BCUT2D eigenvalue weighted by molar-refractivity contribution is -0.119. The number of hydrogen-bond acceptors (Lipinski definition) is 8. The maximum absolute atomic E-state index is 13.2. The number of piperazine rings is 1. The number of thiazole rings is 1. The molecule has 1 fully saturated rings.